The third-order valence-corrected chi connectivity index (χ3v) is 1.67. The maximum Gasteiger partial charge on any atom is 0.248 e. The molecule has 1 aromatic rings. The van der Waals surface area contributed by atoms with E-state index in [4.69, 9.17) is 11.5 Å². The molecule has 1 aromatic carbocycles. The molecule has 0 saturated heterocycles. The predicted octanol–water partition coefficient (Wildman–Crippen LogP) is 1.13. The minimum atomic E-state index is -0.394. The van der Waals surface area contributed by atoms with Gasteiger partial charge in [0.05, 0.1) is 0 Å². The van der Waals surface area contributed by atoms with E-state index in [9.17, 15) is 4.79 Å². The molecule has 0 fully saturated rings. The van der Waals surface area contributed by atoms with Gasteiger partial charge in [0.25, 0.3) is 0 Å². The molecular weight excluding hydrogens is 223 g/mol. The summed E-state index contributed by atoms with van der Waals surface area (Å²) in [5.74, 6) is -0.394. The second-order valence-corrected chi connectivity index (χ2v) is 2.60. The minimum Gasteiger partial charge on any atom is -0.366 e. The van der Waals surface area contributed by atoms with Crippen molar-refractivity contribution in [2.24, 2.45) is 11.5 Å². The molecule has 1 rings (SSSR count). The van der Waals surface area contributed by atoms with Gasteiger partial charge in [-0.2, -0.15) is 0 Å². The molecule has 0 spiro atoms. The standard InChI is InChI=1S/C9H12N2O.2ClH/c10-6-5-7-1-3-8(4-2-7)9(11)12;;/h1-4H,5-6,10H2,(H2,11,12);2*1H. The Hall–Kier alpha value is -0.770. The molecule has 0 radical (unpaired) electrons. The first kappa shape index (κ1) is 15.7. The van der Waals surface area contributed by atoms with Crippen molar-refractivity contribution in [1.82, 2.24) is 0 Å². The third-order valence-electron chi connectivity index (χ3n) is 1.67. The average Bonchev–Trinajstić information content (AvgIpc) is 2.06. The van der Waals surface area contributed by atoms with E-state index in [0.29, 0.717) is 12.1 Å². The van der Waals surface area contributed by atoms with E-state index in [1.54, 1.807) is 12.1 Å². The molecule has 5 heteroatoms. The fourth-order valence-electron chi connectivity index (χ4n) is 1.00. The summed E-state index contributed by atoms with van der Waals surface area (Å²) in [4.78, 5) is 10.7. The van der Waals surface area contributed by atoms with Crippen molar-refractivity contribution in [3.05, 3.63) is 35.4 Å². The fraction of sp³-hybridized carbons (Fsp3) is 0.222. The molecular formula is C9H14Cl2N2O. The van der Waals surface area contributed by atoms with Crippen LogP contribution in [0.1, 0.15) is 15.9 Å². The first-order valence-corrected chi connectivity index (χ1v) is 3.83. The third kappa shape index (κ3) is 4.46. The fourth-order valence-corrected chi connectivity index (χ4v) is 1.00. The van der Waals surface area contributed by atoms with E-state index >= 15 is 0 Å². The molecule has 0 aromatic heterocycles. The Bertz CT molecular complexity index is 275. The van der Waals surface area contributed by atoms with Gasteiger partial charge in [0.2, 0.25) is 5.91 Å². The summed E-state index contributed by atoms with van der Waals surface area (Å²) in [6.45, 7) is 0.621. The van der Waals surface area contributed by atoms with Crippen LogP contribution in [-0.4, -0.2) is 12.5 Å². The van der Waals surface area contributed by atoms with Gasteiger partial charge in [-0.1, -0.05) is 12.1 Å². The summed E-state index contributed by atoms with van der Waals surface area (Å²) >= 11 is 0. The first-order valence-electron chi connectivity index (χ1n) is 3.83. The Morgan fingerprint density at radius 1 is 1.14 bits per heavy atom. The second kappa shape index (κ2) is 7.62. The number of amides is 1. The molecule has 0 atom stereocenters. The van der Waals surface area contributed by atoms with E-state index in [0.717, 1.165) is 12.0 Å². The Labute approximate surface area is 95.7 Å². The first-order chi connectivity index (χ1) is 5.74. The molecule has 0 unspecified atom stereocenters. The second-order valence-electron chi connectivity index (χ2n) is 2.60. The van der Waals surface area contributed by atoms with Crippen LogP contribution in [-0.2, 0) is 6.42 Å². The maximum absolute atomic E-state index is 10.7. The molecule has 0 saturated carbocycles. The van der Waals surface area contributed by atoms with E-state index in [2.05, 4.69) is 0 Å². The lowest BCUT2D eigenvalue weighted by Gasteiger charge is -1.98. The Morgan fingerprint density at radius 3 is 2.00 bits per heavy atom. The molecule has 80 valence electrons. The minimum absolute atomic E-state index is 0. The number of hydrogen-bond donors (Lipinski definition) is 2. The number of hydrogen-bond acceptors (Lipinski definition) is 2. The number of carbonyl (C=O) groups excluding carboxylic acids is 1. The zero-order valence-electron chi connectivity index (χ0n) is 7.60. The lowest BCUT2D eigenvalue weighted by atomic mass is 10.1. The molecule has 4 N–H and O–H groups in total. The van der Waals surface area contributed by atoms with Gasteiger partial charge < -0.3 is 11.5 Å². The number of rotatable bonds is 3. The van der Waals surface area contributed by atoms with Crippen molar-refractivity contribution in [3.8, 4) is 0 Å². The van der Waals surface area contributed by atoms with Crippen LogP contribution >= 0.6 is 24.8 Å². The summed E-state index contributed by atoms with van der Waals surface area (Å²) in [6, 6.07) is 7.17. The summed E-state index contributed by atoms with van der Waals surface area (Å²) in [6.07, 6.45) is 0.832. The average molecular weight is 237 g/mol. The van der Waals surface area contributed by atoms with Crippen molar-refractivity contribution < 1.29 is 4.79 Å². The van der Waals surface area contributed by atoms with Gasteiger partial charge in [0.15, 0.2) is 0 Å². The number of halogens is 2. The molecule has 0 aliphatic carbocycles. The van der Waals surface area contributed by atoms with Crippen LogP contribution in [0.5, 0.6) is 0 Å². The predicted molar refractivity (Wildman–Crippen MR) is 62.2 cm³/mol. The monoisotopic (exact) mass is 236 g/mol. The van der Waals surface area contributed by atoms with Crippen LogP contribution in [0.4, 0.5) is 0 Å². The van der Waals surface area contributed by atoms with Gasteiger partial charge in [-0.15, -0.1) is 24.8 Å². The molecule has 0 heterocycles. The lowest BCUT2D eigenvalue weighted by Crippen LogP contribution is -2.10. The molecule has 0 aliphatic rings. The zero-order valence-corrected chi connectivity index (χ0v) is 9.24. The van der Waals surface area contributed by atoms with Gasteiger partial charge in [-0.05, 0) is 30.7 Å². The molecule has 1 amide bonds. The van der Waals surface area contributed by atoms with Crippen molar-refractivity contribution in [2.45, 2.75) is 6.42 Å². The smallest absolute Gasteiger partial charge is 0.248 e. The van der Waals surface area contributed by atoms with E-state index in [1.807, 2.05) is 12.1 Å². The van der Waals surface area contributed by atoms with Crippen molar-refractivity contribution in [1.29, 1.82) is 0 Å². The number of nitrogens with two attached hydrogens (primary N) is 2. The molecule has 14 heavy (non-hydrogen) atoms. The van der Waals surface area contributed by atoms with Crippen molar-refractivity contribution in [3.63, 3.8) is 0 Å². The zero-order chi connectivity index (χ0) is 8.97. The summed E-state index contributed by atoms with van der Waals surface area (Å²) in [5, 5.41) is 0. The largest absolute Gasteiger partial charge is 0.366 e. The maximum atomic E-state index is 10.7. The van der Waals surface area contributed by atoms with Crippen LogP contribution in [0, 0.1) is 0 Å². The van der Waals surface area contributed by atoms with Crippen molar-refractivity contribution >= 4 is 30.7 Å². The summed E-state index contributed by atoms with van der Waals surface area (Å²) < 4.78 is 0. The Kier molecular flexibility index (Phi) is 8.54. The van der Waals surface area contributed by atoms with Gasteiger partial charge in [0, 0.05) is 5.56 Å². The Morgan fingerprint density at radius 2 is 1.64 bits per heavy atom. The van der Waals surface area contributed by atoms with Crippen LogP contribution in [0.2, 0.25) is 0 Å². The normalized spacial score (nSPS) is 8.36. The summed E-state index contributed by atoms with van der Waals surface area (Å²) in [7, 11) is 0. The van der Waals surface area contributed by atoms with Gasteiger partial charge in [-0.3, -0.25) is 4.79 Å². The number of primary amides is 1. The number of benzene rings is 1. The SMILES string of the molecule is Cl.Cl.NCCc1ccc(C(N)=O)cc1. The van der Waals surface area contributed by atoms with E-state index < -0.39 is 5.91 Å². The van der Waals surface area contributed by atoms with Crippen LogP contribution < -0.4 is 11.5 Å². The van der Waals surface area contributed by atoms with Crippen LogP contribution in [0.15, 0.2) is 24.3 Å². The van der Waals surface area contributed by atoms with E-state index in [1.165, 1.54) is 0 Å². The highest BCUT2D eigenvalue weighted by Crippen LogP contribution is 2.03. The molecule has 0 aliphatic heterocycles. The lowest BCUT2D eigenvalue weighted by molar-refractivity contribution is 0.100. The van der Waals surface area contributed by atoms with Crippen molar-refractivity contribution in [2.75, 3.05) is 6.54 Å². The van der Waals surface area contributed by atoms with Gasteiger partial charge in [0.1, 0.15) is 0 Å². The topological polar surface area (TPSA) is 69.1 Å². The van der Waals surface area contributed by atoms with E-state index in [-0.39, 0.29) is 24.8 Å². The molecule has 3 nitrogen and oxygen atoms in total. The van der Waals surface area contributed by atoms with Gasteiger partial charge in [-0.25, -0.2) is 0 Å². The highest BCUT2D eigenvalue weighted by molar-refractivity contribution is 5.92. The van der Waals surface area contributed by atoms with Gasteiger partial charge >= 0.3 is 0 Å². The molecule has 0 bridgehead atoms. The van der Waals surface area contributed by atoms with Crippen LogP contribution in [0.25, 0.3) is 0 Å². The number of carbonyl (C=O) groups is 1. The van der Waals surface area contributed by atoms with Crippen LogP contribution in [0.3, 0.4) is 0 Å². The quantitative estimate of drug-likeness (QED) is 0.827. The highest BCUT2D eigenvalue weighted by atomic mass is 35.5. The summed E-state index contributed by atoms with van der Waals surface area (Å²) in [5.41, 5.74) is 12.1. The Balaban J connectivity index is 0. The highest BCUT2D eigenvalue weighted by Gasteiger charge is 1.98.